The number of benzene rings is 1. The maximum Gasteiger partial charge on any atom is 0.326 e. The van der Waals surface area contributed by atoms with Crippen molar-refractivity contribution in [3.05, 3.63) is 34.7 Å². The molecule has 0 bridgehead atoms. The van der Waals surface area contributed by atoms with E-state index in [1.165, 1.54) is 0 Å². The van der Waals surface area contributed by atoms with Crippen molar-refractivity contribution in [1.29, 1.82) is 0 Å². The molecule has 0 aliphatic rings. The van der Waals surface area contributed by atoms with Crippen molar-refractivity contribution in [3.63, 3.8) is 0 Å². The molecule has 1 aromatic heterocycles. The van der Waals surface area contributed by atoms with Gasteiger partial charge in [0.05, 0.1) is 11.0 Å². The zero-order valence-corrected chi connectivity index (χ0v) is 6.16. The van der Waals surface area contributed by atoms with Gasteiger partial charge in [0.15, 0.2) is 0 Å². The molecule has 1 aromatic carbocycles. The molecule has 3 heteroatoms. The molecule has 0 atom stereocenters. The standard InChI is InChI=1S/C8H8N2O.H2/c1-10-7-5-3-2-4-6(7)9-8(10)11;/h2-5H,1H3,(H,9,11);1H. The van der Waals surface area contributed by atoms with Gasteiger partial charge in [0.2, 0.25) is 0 Å². The van der Waals surface area contributed by atoms with E-state index in [1.807, 2.05) is 24.3 Å². The van der Waals surface area contributed by atoms with Crippen molar-refractivity contribution in [3.8, 4) is 0 Å². The minimum absolute atomic E-state index is 0. The van der Waals surface area contributed by atoms with E-state index < -0.39 is 0 Å². The lowest BCUT2D eigenvalue weighted by atomic mass is 10.3. The molecular weight excluding hydrogens is 140 g/mol. The third kappa shape index (κ3) is 0.774. The summed E-state index contributed by atoms with van der Waals surface area (Å²) in [5, 5.41) is 0. The third-order valence-electron chi connectivity index (χ3n) is 1.81. The highest BCUT2D eigenvalue weighted by Crippen LogP contribution is 2.06. The van der Waals surface area contributed by atoms with Crippen LogP contribution in [0.25, 0.3) is 11.0 Å². The van der Waals surface area contributed by atoms with Gasteiger partial charge in [-0.3, -0.25) is 4.57 Å². The van der Waals surface area contributed by atoms with Gasteiger partial charge in [-0.2, -0.15) is 0 Å². The average Bonchev–Trinajstić information content (AvgIpc) is 2.30. The van der Waals surface area contributed by atoms with E-state index in [-0.39, 0.29) is 7.12 Å². The number of H-pyrrole nitrogens is 1. The van der Waals surface area contributed by atoms with Crippen LogP contribution in [0.2, 0.25) is 0 Å². The molecular formula is C8H10N2O. The van der Waals surface area contributed by atoms with Gasteiger partial charge >= 0.3 is 5.69 Å². The van der Waals surface area contributed by atoms with E-state index in [1.54, 1.807) is 11.6 Å². The molecule has 58 valence electrons. The number of rotatable bonds is 0. The fourth-order valence-electron chi connectivity index (χ4n) is 1.18. The fourth-order valence-corrected chi connectivity index (χ4v) is 1.18. The first-order valence-corrected chi connectivity index (χ1v) is 3.43. The Morgan fingerprint density at radius 1 is 1.45 bits per heavy atom. The first kappa shape index (κ1) is 6.22. The predicted molar refractivity (Wildman–Crippen MR) is 45.7 cm³/mol. The number of para-hydroxylation sites is 2. The summed E-state index contributed by atoms with van der Waals surface area (Å²) in [7, 11) is 1.75. The van der Waals surface area contributed by atoms with Gasteiger partial charge in [0, 0.05) is 8.47 Å². The summed E-state index contributed by atoms with van der Waals surface area (Å²) in [5.41, 5.74) is 1.77. The Kier molecular flexibility index (Phi) is 1.12. The first-order valence-electron chi connectivity index (χ1n) is 3.43. The Morgan fingerprint density at radius 2 is 2.18 bits per heavy atom. The zero-order chi connectivity index (χ0) is 7.84. The highest BCUT2D eigenvalue weighted by molar-refractivity contribution is 5.74. The maximum absolute atomic E-state index is 11.0. The normalized spacial score (nSPS) is 10.6. The van der Waals surface area contributed by atoms with E-state index >= 15 is 0 Å². The van der Waals surface area contributed by atoms with Gasteiger partial charge in [0.25, 0.3) is 0 Å². The van der Waals surface area contributed by atoms with Crippen molar-refractivity contribution >= 4 is 11.0 Å². The van der Waals surface area contributed by atoms with Crippen LogP contribution in [0.4, 0.5) is 0 Å². The molecule has 1 heterocycles. The maximum atomic E-state index is 11.0. The Labute approximate surface area is 64.8 Å². The molecule has 0 aliphatic heterocycles. The molecule has 11 heavy (non-hydrogen) atoms. The van der Waals surface area contributed by atoms with Crippen molar-refractivity contribution in [2.24, 2.45) is 7.05 Å². The molecule has 0 unspecified atom stereocenters. The average molecular weight is 150 g/mol. The summed E-state index contributed by atoms with van der Waals surface area (Å²) in [6.45, 7) is 0. The molecule has 0 amide bonds. The van der Waals surface area contributed by atoms with Crippen LogP contribution < -0.4 is 5.69 Å². The zero-order valence-electron chi connectivity index (χ0n) is 6.16. The second-order valence-electron chi connectivity index (χ2n) is 2.51. The summed E-state index contributed by atoms with van der Waals surface area (Å²) in [6, 6.07) is 7.61. The fraction of sp³-hybridized carbons (Fsp3) is 0.125. The SMILES string of the molecule is Cn1c(=O)[nH]c2ccccc21.[HH]. The van der Waals surface area contributed by atoms with Crippen LogP contribution in [-0.2, 0) is 7.05 Å². The number of aromatic amines is 1. The summed E-state index contributed by atoms with van der Waals surface area (Å²) >= 11 is 0. The smallest absolute Gasteiger partial charge is 0.306 e. The molecule has 2 rings (SSSR count). The largest absolute Gasteiger partial charge is 0.326 e. The van der Waals surface area contributed by atoms with Crippen LogP contribution >= 0.6 is 0 Å². The summed E-state index contributed by atoms with van der Waals surface area (Å²) < 4.78 is 1.59. The van der Waals surface area contributed by atoms with Crippen LogP contribution in [0.1, 0.15) is 1.43 Å². The van der Waals surface area contributed by atoms with E-state index in [4.69, 9.17) is 0 Å². The van der Waals surface area contributed by atoms with Crippen LogP contribution in [-0.4, -0.2) is 9.55 Å². The van der Waals surface area contributed by atoms with Gasteiger partial charge in [-0.25, -0.2) is 4.79 Å². The molecule has 0 fully saturated rings. The van der Waals surface area contributed by atoms with Gasteiger partial charge in [0.1, 0.15) is 0 Å². The monoisotopic (exact) mass is 150 g/mol. The minimum Gasteiger partial charge on any atom is -0.306 e. The van der Waals surface area contributed by atoms with Crippen LogP contribution in [0.5, 0.6) is 0 Å². The van der Waals surface area contributed by atoms with Crippen molar-refractivity contribution < 1.29 is 1.43 Å². The van der Waals surface area contributed by atoms with Crippen LogP contribution in [0.3, 0.4) is 0 Å². The number of hydrogen-bond acceptors (Lipinski definition) is 1. The van der Waals surface area contributed by atoms with E-state index in [2.05, 4.69) is 4.98 Å². The molecule has 2 aromatic rings. The number of fused-ring (bicyclic) bond motifs is 1. The van der Waals surface area contributed by atoms with Gasteiger partial charge < -0.3 is 4.98 Å². The quantitative estimate of drug-likeness (QED) is 0.600. The summed E-state index contributed by atoms with van der Waals surface area (Å²) in [5.74, 6) is 0. The Morgan fingerprint density at radius 3 is 2.91 bits per heavy atom. The lowest BCUT2D eigenvalue weighted by molar-refractivity contribution is 0.891. The van der Waals surface area contributed by atoms with Gasteiger partial charge in [-0.15, -0.1) is 0 Å². The number of aromatic nitrogens is 2. The number of imidazole rings is 1. The van der Waals surface area contributed by atoms with Gasteiger partial charge in [-0.1, -0.05) is 12.1 Å². The number of nitrogens with zero attached hydrogens (tertiary/aromatic N) is 1. The van der Waals surface area contributed by atoms with E-state index in [0.29, 0.717) is 0 Å². The molecule has 0 saturated heterocycles. The summed E-state index contributed by atoms with van der Waals surface area (Å²) in [4.78, 5) is 13.8. The Balaban J connectivity index is 0.000000720. The molecule has 0 spiro atoms. The van der Waals surface area contributed by atoms with Crippen LogP contribution in [0.15, 0.2) is 29.1 Å². The highest BCUT2D eigenvalue weighted by Gasteiger charge is 1.98. The molecule has 3 nitrogen and oxygen atoms in total. The predicted octanol–water partition coefficient (Wildman–Crippen LogP) is 1.11. The number of hydrogen-bond donors (Lipinski definition) is 1. The first-order chi connectivity index (χ1) is 5.29. The van der Waals surface area contributed by atoms with Gasteiger partial charge in [-0.05, 0) is 12.1 Å². The Bertz CT molecular complexity index is 443. The van der Waals surface area contributed by atoms with Crippen molar-refractivity contribution in [2.75, 3.05) is 0 Å². The molecule has 0 radical (unpaired) electrons. The third-order valence-corrected chi connectivity index (χ3v) is 1.81. The minimum atomic E-state index is -0.0637. The number of aryl methyl sites for hydroxylation is 1. The topological polar surface area (TPSA) is 37.8 Å². The van der Waals surface area contributed by atoms with E-state index in [0.717, 1.165) is 11.0 Å². The number of nitrogens with one attached hydrogen (secondary N) is 1. The second-order valence-corrected chi connectivity index (χ2v) is 2.51. The molecule has 1 N–H and O–H groups in total. The van der Waals surface area contributed by atoms with E-state index in [9.17, 15) is 4.79 Å². The highest BCUT2D eigenvalue weighted by atomic mass is 16.1. The lowest BCUT2D eigenvalue weighted by Crippen LogP contribution is -2.11. The second kappa shape index (κ2) is 1.99. The molecule has 0 aliphatic carbocycles. The van der Waals surface area contributed by atoms with Crippen molar-refractivity contribution in [2.45, 2.75) is 0 Å². The molecule has 0 saturated carbocycles. The Hall–Kier alpha value is -1.51. The van der Waals surface area contributed by atoms with Crippen LogP contribution in [0, 0.1) is 0 Å². The summed E-state index contributed by atoms with van der Waals surface area (Å²) in [6.07, 6.45) is 0. The van der Waals surface area contributed by atoms with Crippen molar-refractivity contribution in [1.82, 2.24) is 9.55 Å². The lowest BCUT2D eigenvalue weighted by Gasteiger charge is -1.89.